The van der Waals surface area contributed by atoms with E-state index in [1.807, 2.05) is 0 Å². The van der Waals surface area contributed by atoms with Gasteiger partial charge in [0.25, 0.3) is 0 Å². The molecule has 17 heavy (non-hydrogen) atoms. The molecule has 2 nitrogen and oxygen atoms in total. The number of anilines is 2. The molecular weight excluding hydrogens is 253 g/mol. The molecule has 1 aromatic rings. The number of hydrogen-bond acceptors (Lipinski definition) is 2. The van der Waals surface area contributed by atoms with E-state index in [9.17, 15) is 13.2 Å². The van der Waals surface area contributed by atoms with Gasteiger partial charge >= 0.3 is 6.18 Å². The molecule has 0 heterocycles. The summed E-state index contributed by atoms with van der Waals surface area (Å²) >= 11 is 5.78. The van der Waals surface area contributed by atoms with Crippen molar-refractivity contribution in [2.75, 3.05) is 38.0 Å². The third-order valence-corrected chi connectivity index (χ3v) is 2.74. The second-order valence-electron chi connectivity index (χ2n) is 4.11. The molecule has 0 aliphatic rings. The monoisotopic (exact) mass is 266 g/mol. The van der Waals surface area contributed by atoms with Crippen molar-refractivity contribution in [2.45, 2.75) is 6.18 Å². The zero-order valence-corrected chi connectivity index (χ0v) is 10.8. The molecule has 0 aromatic heterocycles. The Hall–Kier alpha value is -1.10. The Balaban J connectivity index is 3.49. The van der Waals surface area contributed by atoms with E-state index in [4.69, 9.17) is 11.6 Å². The summed E-state index contributed by atoms with van der Waals surface area (Å²) in [5.74, 6) is 0. The van der Waals surface area contributed by atoms with Gasteiger partial charge in [0.2, 0.25) is 0 Å². The molecule has 6 heteroatoms. The standard InChI is InChI=1S/C11H14ClF3N2/c1-16(2)7-5-8(11(13,14)15)10(12)9(6-7)17(3)4/h5-6H,1-4H3. The topological polar surface area (TPSA) is 6.48 Å². The lowest BCUT2D eigenvalue weighted by Crippen LogP contribution is -2.16. The molecule has 0 N–H and O–H groups in total. The van der Waals surface area contributed by atoms with Crippen LogP contribution in [-0.2, 0) is 6.18 Å². The van der Waals surface area contributed by atoms with Crippen LogP contribution in [0.1, 0.15) is 5.56 Å². The van der Waals surface area contributed by atoms with Crippen molar-refractivity contribution in [3.8, 4) is 0 Å². The Kier molecular flexibility index (Phi) is 3.81. The fraction of sp³-hybridized carbons (Fsp3) is 0.455. The molecule has 0 saturated heterocycles. The van der Waals surface area contributed by atoms with E-state index < -0.39 is 11.7 Å². The van der Waals surface area contributed by atoms with Crippen LogP contribution in [0.2, 0.25) is 5.02 Å². The third kappa shape index (κ3) is 2.97. The van der Waals surface area contributed by atoms with Crippen LogP contribution < -0.4 is 9.80 Å². The Morgan fingerprint density at radius 2 is 1.53 bits per heavy atom. The normalized spacial score (nSPS) is 11.5. The van der Waals surface area contributed by atoms with E-state index in [1.54, 1.807) is 44.1 Å². The average Bonchev–Trinajstić information content (AvgIpc) is 2.15. The molecular formula is C11H14ClF3N2. The van der Waals surface area contributed by atoms with Crippen LogP contribution in [0.3, 0.4) is 0 Å². The van der Waals surface area contributed by atoms with Crippen LogP contribution in [0, 0.1) is 0 Å². The van der Waals surface area contributed by atoms with Gasteiger partial charge in [0, 0.05) is 33.9 Å². The minimum atomic E-state index is -4.45. The zero-order valence-electron chi connectivity index (χ0n) is 10.1. The maximum Gasteiger partial charge on any atom is 0.417 e. The molecule has 0 aliphatic carbocycles. The highest BCUT2D eigenvalue weighted by atomic mass is 35.5. The number of benzene rings is 1. The van der Waals surface area contributed by atoms with Gasteiger partial charge in [-0.25, -0.2) is 0 Å². The molecule has 0 aliphatic heterocycles. The second kappa shape index (κ2) is 4.64. The van der Waals surface area contributed by atoms with Crippen molar-refractivity contribution in [1.82, 2.24) is 0 Å². The van der Waals surface area contributed by atoms with Gasteiger partial charge in [0.15, 0.2) is 0 Å². The van der Waals surface area contributed by atoms with E-state index >= 15 is 0 Å². The number of halogens is 4. The van der Waals surface area contributed by atoms with Gasteiger partial charge in [-0.05, 0) is 12.1 Å². The van der Waals surface area contributed by atoms with Gasteiger partial charge in [0.1, 0.15) is 0 Å². The van der Waals surface area contributed by atoms with Crippen LogP contribution in [0.4, 0.5) is 24.5 Å². The van der Waals surface area contributed by atoms with Crippen molar-refractivity contribution in [3.05, 3.63) is 22.7 Å². The lowest BCUT2D eigenvalue weighted by Gasteiger charge is -2.22. The van der Waals surface area contributed by atoms with Crippen LogP contribution in [-0.4, -0.2) is 28.2 Å². The molecule has 0 unspecified atom stereocenters. The molecule has 96 valence electrons. The lowest BCUT2D eigenvalue weighted by atomic mass is 10.1. The summed E-state index contributed by atoms with van der Waals surface area (Å²) in [6.45, 7) is 0. The summed E-state index contributed by atoms with van der Waals surface area (Å²) in [7, 11) is 6.67. The second-order valence-corrected chi connectivity index (χ2v) is 4.49. The number of rotatable bonds is 2. The number of alkyl halides is 3. The fourth-order valence-electron chi connectivity index (χ4n) is 1.38. The van der Waals surface area contributed by atoms with E-state index in [0.29, 0.717) is 11.4 Å². The predicted octanol–water partition coefficient (Wildman–Crippen LogP) is 3.49. The molecule has 1 rings (SSSR count). The highest BCUT2D eigenvalue weighted by Crippen LogP contribution is 2.41. The Bertz CT molecular complexity index is 414. The molecule has 0 atom stereocenters. The van der Waals surface area contributed by atoms with Gasteiger partial charge in [-0.3, -0.25) is 0 Å². The predicted molar refractivity (Wildman–Crippen MR) is 65.1 cm³/mol. The van der Waals surface area contributed by atoms with Crippen LogP contribution in [0.25, 0.3) is 0 Å². The summed E-state index contributed by atoms with van der Waals surface area (Å²) in [4.78, 5) is 3.17. The van der Waals surface area contributed by atoms with Crippen LogP contribution in [0.5, 0.6) is 0 Å². The largest absolute Gasteiger partial charge is 0.417 e. The smallest absolute Gasteiger partial charge is 0.378 e. The Morgan fingerprint density at radius 3 is 1.88 bits per heavy atom. The average molecular weight is 267 g/mol. The van der Waals surface area contributed by atoms with Crippen LogP contribution >= 0.6 is 11.6 Å². The quantitative estimate of drug-likeness (QED) is 0.808. The highest BCUT2D eigenvalue weighted by molar-refractivity contribution is 6.34. The van der Waals surface area contributed by atoms with E-state index in [1.165, 1.54) is 0 Å². The minimum Gasteiger partial charge on any atom is -0.378 e. The van der Waals surface area contributed by atoms with E-state index in [-0.39, 0.29) is 5.02 Å². The van der Waals surface area contributed by atoms with Crippen molar-refractivity contribution in [3.63, 3.8) is 0 Å². The van der Waals surface area contributed by atoms with Crippen molar-refractivity contribution < 1.29 is 13.2 Å². The first-order valence-corrected chi connectivity index (χ1v) is 5.27. The highest BCUT2D eigenvalue weighted by Gasteiger charge is 2.35. The molecule has 0 spiro atoms. The first kappa shape index (κ1) is 14.0. The molecule has 1 aromatic carbocycles. The zero-order chi connectivity index (χ0) is 13.4. The van der Waals surface area contributed by atoms with E-state index in [0.717, 1.165) is 6.07 Å². The maximum atomic E-state index is 12.8. The van der Waals surface area contributed by atoms with Crippen LogP contribution in [0.15, 0.2) is 12.1 Å². The molecule has 0 bridgehead atoms. The van der Waals surface area contributed by atoms with E-state index in [2.05, 4.69) is 0 Å². The van der Waals surface area contributed by atoms with Gasteiger partial charge in [0.05, 0.1) is 16.3 Å². The first-order chi connectivity index (χ1) is 7.64. The third-order valence-electron chi connectivity index (χ3n) is 2.34. The maximum absolute atomic E-state index is 12.8. The Morgan fingerprint density at radius 1 is 1.00 bits per heavy atom. The number of hydrogen-bond donors (Lipinski definition) is 0. The van der Waals surface area contributed by atoms with Crippen molar-refractivity contribution in [2.24, 2.45) is 0 Å². The molecule has 0 radical (unpaired) electrons. The Labute approximate surface area is 104 Å². The summed E-state index contributed by atoms with van der Waals surface area (Å²) in [5, 5.41) is -0.270. The lowest BCUT2D eigenvalue weighted by molar-refractivity contribution is -0.137. The number of nitrogens with zero attached hydrogens (tertiary/aromatic N) is 2. The minimum absolute atomic E-state index is 0.270. The van der Waals surface area contributed by atoms with Crippen molar-refractivity contribution in [1.29, 1.82) is 0 Å². The summed E-state index contributed by atoms with van der Waals surface area (Å²) < 4.78 is 38.4. The van der Waals surface area contributed by atoms with Gasteiger partial charge < -0.3 is 9.80 Å². The molecule has 0 saturated carbocycles. The van der Waals surface area contributed by atoms with Gasteiger partial charge in [-0.15, -0.1) is 0 Å². The summed E-state index contributed by atoms with van der Waals surface area (Å²) in [6, 6.07) is 2.67. The SMILES string of the molecule is CN(C)c1cc(N(C)C)c(Cl)c(C(F)(F)F)c1. The fourth-order valence-corrected chi connectivity index (χ4v) is 1.77. The summed E-state index contributed by atoms with van der Waals surface area (Å²) in [6.07, 6.45) is -4.45. The summed E-state index contributed by atoms with van der Waals surface area (Å²) in [5.41, 5.74) is 0.00434. The molecule has 0 amide bonds. The first-order valence-electron chi connectivity index (χ1n) is 4.90. The van der Waals surface area contributed by atoms with Gasteiger partial charge in [-0.2, -0.15) is 13.2 Å². The van der Waals surface area contributed by atoms with Crippen molar-refractivity contribution >= 4 is 23.0 Å². The van der Waals surface area contributed by atoms with Gasteiger partial charge in [-0.1, -0.05) is 11.6 Å². The molecule has 0 fully saturated rings.